The van der Waals surface area contributed by atoms with E-state index in [0.29, 0.717) is 32.5 Å². The van der Waals surface area contributed by atoms with Crippen molar-refractivity contribution in [3.05, 3.63) is 59.7 Å². The molecule has 0 saturated carbocycles. The minimum atomic E-state index is -0.979. The average Bonchev–Trinajstić information content (AvgIpc) is 2.74. The van der Waals surface area contributed by atoms with Gasteiger partial charge in [-0.25, -0.2) is 9.18 Å². The zero-order valence-corrected chi connectivity index (χ0v) is 18.9. The molecule has 3 rings (SSSR count). The SMILES string of the molecule is CC1C=C(CNC(=O)C2(c3ccccc3)CCN(C(=O)OC(C)(C)C)CC2)C=CC1F. The van der Waals surface area contributed by atoms with Crippen LogP contribution in [0, 0.1) is 5.92 Å². The molecule has 1 aromatic carbocycles. The zero-order chi connectivity index (χ0) is 22.6. The number of likely N-dealkylation sites (tertiary alicyclic amines) is 1. The van der Waals surface area contributed by atoms with Crippen LogP contribution in [0.4, 0.5) is 9.18 Å². The second-order valence-corrected chi connectivity index (χ2v) is 9.50. The average molecular weight is 429 g/mol. The summed E-state index contributed by atoms with van der Waals surface area (Å²) in [5.41, 5.74) is 0.581. The monoisotopic (exact) mass is 428 g/mol. The second kappa shape index (κ2) is 9.25. The number of rotatable bonds is 4. The standard InChI is InChI=1S/C25H33FN2O3/c1-18-16-19(10-11-21(18)26)17-27-22(29)25(20-8-6-5-7-9-20)12-14-28(15-13-25)23(30)31-24(2,3)4/h5-11,16,18,21H,12-15,17H2,1-4H3,(H,27,29). The van der Waals surface area contributed by atoms with E-state index in [1.165, 1.54) is 0 Å². The number of hydrogen-bond donors (Lipinski definition) is 1. The van der Waals surface area contributed by atoms with E-state index in [-0.39, 0.29) is 17.9 Å². The minimum absolute atomic E-state index is 0.0631. The first kappa shape index (κ1) is 23.0. The molecule has 0 radical (unpaired) electrons. The summed E-state index contributed by atoms with van der Waals surface area (Å²) in [7, 11) is 0. The van der Waals surface area contributed by atoms with E-state index in [4.69, 9.17) is 4.74 Å². The summed E-state index contributed by atoms with van der Waals surface area (Å²) >= 11 is 0. The van der Waals surface area contributed by atoms with Crippen LogP contribution in [0.3, 0.4) is 0 Å². The van der Waals surface area contributed by atoms with Crippen LogP contribution in [0.5, 0.6) is 0 Å². The van der Waals surface area contributed by atoms with E-state index in [9.17, 15) is 14.0 Å². The summed E-state index contributed by atoms with van der Waals surface area (Å²) in [6, 6.07) is 9.73. The topological polar surface area (TPSA) is 58.6 Å². The van der Waals surface area contributed by atoms with Crippen molar-refractivity contribution in [3.8, 4) is 0 Å². The van der Waals surface area contributed by atoms with Crippen molar-refractivity contribution in [3.63, 3.8) is 0 Å². The van der Waals surface area contributed by atoms with Gasteiger partial charge in [0.15, 0.2) is 0 Å². The molecule has 1 aliphatic carbocycles. The van der Waals surface area contributed by atoms with Crippen molar-refractivity contribution in [2.45, 2.75) is 57.7 Å². The van der Waals surface area contributed by atoms with Gasteiger partial charge in [0.25, 0.3) is 0 Å². The number of piperidine rings is 1. The molecule has 1 saturated heterocycles. The number of alkyl halides is 1. The predicted molar refractivity (Wildman–Crippen MR) is 119 cm³/mol. The van der Waals surface area contributed by atoms with Gasteiger partial charge in [-0.05, 0) is 50.8 Å². The van der Waals surface area contributed by atoms with Crippen LogP contribution in [0.2, 0.25) is 0 Å². The van der Waals surface area contributed by atoms with Crippen molar-refractivity contribution < 1.29 is 18.7 Å². The van der Waals surface area contributed by atoms with E-state index in [0.717, 1.165) is 11.1 Å². The molecule has 168 valence electrons. The normalized spacial score (nSPS) is 23.1. The third-order valence-electron chi connectivity index (χ3n) is 5.96. The fourth-order valence-corrected chi connectivity index (χ4v) is 4.15. The highest BCUT2D eigenvalue weighted by atomic mass is 19.1. The van der Waals surface area contributed by atoms with Crippen molar-refractivity contribution in [2.75, 3.05) is 19.6 Å². The lowest BCUT2D eigenvalue weighted by Crippen LogP contribution is -2.53. The van der Waals surface area contributed by atoms with Gasteiger partial charge in [-0.3, -0.25) is 4.79 Å². The molecule has 2 unspecified atom stereocenters. The van der Waals surface area contributed by atoms with E-state index in [1.807, 2.05) is 64.1 Å². The van der Waals surface area contributed by atoms with Crippen LogP contribution in [-0.4, -0.2) is 48.3 Å². The molecule has 6 heteroatoms. The van der Waals surface area contributed by atoms with Crippen LogP contribution in [0.15, 0.2) is 54.1 Å². The maximum atomic E-state index is 13.7. The molecule has 0 bridgehead atoms. The Morgan fingerprint density at radius 3 is 2.42 bits per heavy atom. The summed E-state index contributed by atoms with van der Waals surface area (Å²) in [4.78, 5) is 27.6. The first-order valence-corrected chi connectivity index (χ1v) is 11.0. The number of carbonyl (C=O) groups is 2. The lowest BCUT2D eigenvalue weighted by atomic mass is 9.72. The van der Waals surface area contributed by atoms with Crippen LogP contribution in [-0.2, 0) is 14.9 Å². The highest BCUT2D eigenvalue weighted by Crippen LogP contribution is 2.36. The van der Waals surface area contributed by atoms with Gasteiger partial charge < -0.3 is 15.0 Å². The lowest BCUT2D eigenvalue weighted by Gasteiger charge is -2.41. The van der Waals surface area contributed by atoms with Gasteiger partial charge in [-0.15, -0.1) is 0 Å². The van der Waals surface area contributed by atoms with Gasteiger partial charge in [0.05, 0.1) is 5.41 Å². The molecule has 1 aromatic rings. The van der Waals surface area contributed by atoms with E-state index >= 15 is 0 Å². The lowest BCUT2D eigenvalue weighted by molar-refractivity contribution is -0.128. The van der Waals surface area contributed by atoms with Gasteiger partial charge in [-0.2, -0.15) is 0 Å². The summed E-state index contributed by atoms with van der Waals surface area (Å²) in [6.07, 6.45) is 4.85. The van der Waals surface area contributed by atoms with Crippen LogP contribution in [0.25, 0.3) is 0 Å². The maximum absolute atomic E-state index is 13.7. The Hall–Kier alpha value is -2.63. The van der Waals surface area contributed by atoms with Gasteiger partial charge in [0.1, 0.15) is 11.8 Å². The highest BCUT2D eigenvalue weighted by Gasteiger charge is 2.44. The third kappa shape index (κ3) is 5.54. The van der Waals surface area contributed by atoms with Gasteiger partial charge in [0.2, 0.25) is 5.91 Å². The fraction of sp³-hybridized carbons (Fsp3) is 0.520. The second-order valence-electron chi connectivity index (χ2n) is 9.50. The first-order chi connectivity index (χ1) is 14.6. The number of benzene rings is 1. The summed E-state index contributed by atoms with van der Waals surface area (Å²) in [5, 5.41) is 3.06. The van der Waals surface area contributed by atoms with Gasteiger partial charge in [0, 0.05) is 25.6 Å². The van der Waals surface area contributed by atoms with Crippen LogP contribution in [0.1, 0.15) is 46.1 Å². The fourth-order valence-electron chi connectivity index (χ4n) is 4.15. The molecule has 0 aromatic heterocycles. The van der Waals surface area contributed by atoms with Gasteiger partial charge in [-0.1, -0.05) is 49.4 Å². The maximum Gasteiger partial charge on any atom is 0.410 e. The number of allylic oxidation sites excluding steroid dienone is 2. The number of nitrogens with zero attached hydrogens (tertiary/aromatic N) is 1. The zero-order valence-electron chi connectivity index (χ0n) is 18.9. The smallest absolute Gasteiger partial charge is 0.410 e. The number of ether oxygens (including phenoxy) is 1. The third-order valence-corrected chi connectivity index (χ3v) is 5.96. The first-order valence-electron chi connectivity index (χ1n) is 11.0. The molecule has 1 fully saturated rings. The molecule has 5 nitrogen and oxygen atoms in total. The summed E-state index contributed by atoms with van der Waals surface area (Å²) in [5.74, 6) is -0.260. The van der Waals surface area contributed by atoms with Crippen LogP contribution < -0.4 is 5.32 Å². The Morgan fingerprint density at radius 1 is 1.19 bits per heavy atom. The van der Waals surface area contributed by atoms with E-state index in [1.54, 1.807) is 17.1 Å². The number of halogens is 1. The number of carbonyl (C=O) groups excluding carboxylic acids is 2. The predicted octanol–water partition coefficient (Wildman–Crippen LogP) is 4.54. The molecule has 2 amide bonds. The number of nitrogens with one attached hydrogen (secondary N) is 1. The minimum Gasteiger partial charge on any atom is -0.444 e. The summed E-state index contributed by atoms with van der Waals surface area (Å²) in [6.45, 7) is 8.61. The molecule has 1 N–H and O–H groups in total. The Balaban J connectivity index is 1.72. The molecule has 2 atom stereocenters. The van der Waals surface area contributed by atoms with Crippen molar-refractivity contribution in [2.24, 2.45) is 5.92 Å². The Morgan fingerprint density at radius 2 is 1.84 bits per heavy atom. The van der Waals surface area contributed by atoms with Crippen molar-refractivity contribution >= 4 is 12.0 Å². The summed E-state index contributed by atoms with van der Waals surface area (Å²) < 4.78 is 19.2. The molecule has 1 aliphatic heterocycles. The molecular formula is C25H33FN2O3. The highest BCUT2D eigenvalue weighted by molar-refractivity contribution is 5.89. The van der Waals surface area contributed by atoms with E-state index in [2.05, 4.69) is 5.32 Å². The van der Waals surface area contributed by atoms with Gasteiger partial charge >= 0.3 is 6.09 Å². The van der Waals surface area contributed by atoms with Crippen LogP contribution >= 0.6 is 0 Å². The van der Waals surface area contributed by atoms with Crippen molar-refractivity contribution in [1.29, 1.82) is 0 Å². The van der Waals surface area contributed by atoms with E-state index < -0.39 is 17.2 Å². The Bertz CT molecular complexity index is 849. The largest absolute Gasteiger partial charge is 0.444 e. The molecule has 0 spiro atoms. The van der Waals surface area contributed by atoms with Crippen molar-refractivity contribution in [1.82, 2.24) is 10.2 Å². The Kier molecular flexibility index (Phi) is 6.87. The molecule has 2 aliphatic rings. The molecule has 31 heavy (non-hydrogen) atoms. The number of amides is 2. The molecule has 1 heterocycles. The quantitative estimate of drug-likeness (QED) is 0.766. The molecular weight excluding hydrogens is 395 g/mol. The Labute approximate surface area is 184 Å². The number of hydrogen-bond acceptors (Lipinski definition) is 3.